The Balaban J connectivity index is 2.60. The van der Waals surface area contributed by atoms with Gasteiger partial charge in [0.15, 0.2) is 11.1 Å². The Hall–Kier alpha value is -3.09. The van der Waals surface area contributed by atoms with Crippen LogP contribution in [0.4, 0.5) is 11.4 Å². The van der Waals surface area contributed by atoms with Gasteiger partial charge in [-0.25, -0.2) is 0 Å². The van der Waals surface area contributed by atoms with Gasteiger partial charge in [-0.05, 0) is 23.4 Å². The maximum atomic E-state index is 12.4. The van der Waals surface area contributed by atoms with Crippen LogP contribution in [-0.4, -0.2) is 9.91 Å². The third kappa shape index (κ3) is 1.57. The Kier molecular flexibility index (Phi) is 2.53. The molecule has 0 aliphatic rings. The fraction of sp³-hybridized carbons (Fsp3) is 0. The second kappa shape index (κ2) is 4.23. The first-order valence-corrected chi connectivity index (χ1v) is 5.69. The van der Waals surface area contributed by atoms with Gasteiger partial charge in [0.05, 0.1) is 15.8 Å². The molecule has 0 aliphatic carbocycles. The molecule has 0 saturated carbocycles. The molecule has 1 heterocycles. The quantitative estimate of drug-likeness (QED) is 0.334. The summed E-state index contributed by atoms with van der Waals surface area (Å²) in [6, 6.07) is 9.29. The third-order valence-corrected chi connectivity index (χ3v) is 3.11. The van der Waals surface area contributed by atoms with Crippen LogP contribution < -0.4 is 5.43 Å². The summed E-state index contributed by atoms with van der Waals surface area (Å²) in [5.41, 5.74) is -0.440. The van der Waals surface area contributed by atoms with E-state index in [-0.39, 0.29) is 5.39 Å². The molecule has 2 aromatic carbocycles. The number of pyridine rings is 1. The summed E-state index contributed by atoms with van der Waals surface area (Å²) in [6.07, 6.45) is 0. The second-order valence-corrected chi connectivity index (χ2v) is 4.20. The number of nitro benzene ring substituents is 1. The molecular weight excluding hydrogens is 262 g/mol. The molecule has 1 aromatic heterocycles. The number of fused-ring (bicyclic) bond motifs is 2. The van der Waals surface area contributed by atoms with Gasteiger partial charge in [0.1, 0.15) is 0 Å². The first-order chi connectivity index (χ1) is 9.63. The number of aromatic nitrogens is 1. The lowest BCUT2D eigenvalue weighted by atomic mass is 10.1. The first kappa shape index (κ1) is 12.0. The van der Waals surface area contributed by atoms with E-state index in [9.17, 15) is 19.8 Å². The highest BCUT2D eigenvalue weighted by Gasteiger charge is 2.21. The average Bonchev–Trinajstić information content (AvgIpc) is 2.46. The van der Waals surface area contributed by atoms with Gasteiger partial charge in [-0.2, -0.15) is 0 Å². The minimum atomic E-state index is -0.731. The van der Waals surface area contributed by atoms with Crippen LogP contribution in [0.25, 0.3) is 21.8 Å². The minimum absolute atomic E-state index is 0.0621. The van der Waals surface area contributed by atoms with Crippen LogP contribution in [0.5, 0.6) is 0 Å². The van der Waals surface area contributed by atoms with E-state index < -0.39 is 21.7 Å². The van der Waals surface area contributed by atoms with E-state index in [4.69, 9.17) is 0 Å². The predicted octanol–water partition coefficient (Wildman–Crippen LogP) is 2.99. The molecule has 0 spiro atoms. The van der Waals surface area contributed by atoms with E-state index in [0.717, 1.165) is 6.07 Å². The van der Waals surface area contributed by atoms with Crippen molar-refractivity contribution in [2.24, 2.45) is 5.18 Å². The monoisotopic (exact) mass is 269 g/mol. The van der Waals surface area contributed by atoms with Gasteiger partial charge < -0.3 is 4.98 Å². The van der Waals surface area contributed by atoms with Gasteiger partial charge in [0.25, 0.3) is 5.69 Å². The zero-order valence-electron chi connectivity index (χ0n) is 9.99. The van der Waals surface area contributed by atoms with E-state index in [1.54, 1.807) is 24.3 Å². The summed E-state index contributed by atoms with van der Waals surface area (Å²) in [5, 5.41) is 13.9. The predicted molar refractivity (Wildman–Crippen MR) is 74.2 cm³/mol. The van der Waals surface area contributed by atoms with Crippen LogP contribution in [0.1, 0.15) is 0 Å². The Morgan fingerprint density at radius 1 is 1.10 bits per heavy atom. The van der Waals surface area contributed by atoms with Gasteiger partial charge in [0.2, 0.25) is 0 Å². The Labute approximate surface area is 111 Å². The maximum Gasteiger partial charge on any atom is 0.299 e. The van der Waals surface area contributed by atoms with Crippen LogP contribution in [0.3, 0.4) is 0 Å². The van der Waals surface area contributed by atoms with Crippen molar-refractivity contribution in [1.29, 1.82) is 0 Å². The SMILES string of the molecule is O=Nc1c([N+](=O)[O-])ccc2[nH]c3ccccc3c(=O)c12. The summed E-state index contributed by atoms with van der Waals surface area (Å²) in [7, 11) is 0. The van der Waals surface area contributed by atoms with E-state index >= 15 is 0 Å². The van der Waals surface area contributed by atoms with Crippen LogP contribution in [0.2, 0.25) is 0 Å². The van der Waals surface area contributed by atoms with Crippen molar-refractivity contribution in [3.63, 3.8) is 0 Å². The van der Waals surface area contributed by atoms with Crippen molar-refractivity contribution < 1.29 is 4.92 Å². The highest BCUT2D eigenvalue weighted by molar-refractivity contribution is 6.00. The van der Waals surface area contributed by atoms with Crippen LogP contribution in [0.15, 0.2) is 46.4 Å². The van der Waals surface area contributed by atoms with Gasteiger partial charge in [-0.1, -0.05) is 12.1 Å². The van der Waals surface area contributed by atoms with Crippen LogP contribution in [-0.2, 0) is 0 Å². The lowest BCUT2D eigenvalue weighted by Crippen LogP contribution is -2.05. The fourth-order valence-electron chi connectivity index (χ4n) is 2.22. The average molecular weight is 269 g/mol. The van der Waals surface area contributed by atoms with Gasteiger partial charge in [-0.3, -0.25) is 14.9 Å². The van der Waals surface area contributed by atoms with Crippen molar-refractivity contribution in [2.45, 2.75) is 0 Å². The number of nitrogens with one attached hydrogen (secondary N) is 1. The highest BCUT2D eigenvalue weighted by atomic mass is 16.6. The Bertz CT molecular complexity index is 930. The number of para-hydroxylation sites is 1. The molecule has 0 saturated heterocycles. The van der Waals surface area contributed by atoms with Gasteiger partial charge in [-0.15, -0.1) is 4.91 Å². The maximum absolute atomic E-state index is 12.4. The number of benzene rings is 2. The molecule has 98 valence electrons. The van der Waals surface area contributed by atoms with Crippen LogP contribution >= 0.6 is 0 Å². The topological polar surface area (TPSA) is 105 Å². The van der Waals surface area contributed by atoms with Crippen molar-refractivity contribution >= 4 is 33.2 Å². The molecule has 0 amide bonds. The van der Waals surface area contributed by atoms with Crippen molar-refractivity contribution in [3.8, 4) is 0 Å². The van der Waals surface area contributed by atoms with E-state index in [1.165, 1.54) is 6.07 Å². The highest BCUT2D eigenvalue weighted by Crippen LogP contribution is 2.33. The molecule has 1 N–H and O–H groups in total. The minimum Gasteiger partial charge on any atom is -0.354 e. The first-order valence-electron chi connectivity index (χ1n) is 5.69. The lowest BCUT2D eigenvalue weighted by molar-refractivity contribution is -0.383. The number of hydrogen-bond acceptors (Lipinski definition) is 5. The van der Waals surface area contributed by atoms with E-state index in [1.807, 2.05) is 0 Å². The number of aromatic amines is 1. The van der Waals surface area contributed by atoms with Crippen molar-refractivity contribution in [1.82, 2.24) is 4.98 Å². The smallest absolute Gasteiger partial charge is 0.299 e. The molecule has 3 aromatic rings. The standard InChI is InChI=1S/C13H7N3O4/c17-13-7-3-1-2-4-8(7)14-9-5-6-10(16(19)20)12(15-18)11(9)13/h1-6H,(H,14,17). The lowest BCUT2D eigenvalue weighted by Gasteiger charge is -2.04. The van der Waals surface area contributed by atoms with E-state index in [2.05, 4.69) is 10.2 Å². The van der Waals surface area contributed by atoms with Crippen molar-refractivity contribution in [2.75, 3.05) is 0 Å². The zero-order valence-corrected chi connectivity index (χ0v) is 9.99. The number of nitrogens with zero attached hydrogens (tertiary/aromatic N) is 2. The summed E-state index contributed by atoms with van der Waals surface area (Å²) in [4.78, 5) is 36.5. The molecular formula is C13H7N3O4. The molecule has 0 fully saturated rings. The molecule has 0 unspecified atom stereocenters. The molecule has 7 nitrogen and oxygen atoms in total. The van der Waals surface area contributed by atoms with Gasteiger partial charge >= 0.3 is 0 Å². The van der Waals surface area contributed by atoms with Crippen LogP contribution in [0, 0.1) is 15.0 Å². The molecule has 0 radical (unpaired) electrons. The number of rotatable bonds is 2. The Morgan fingerprint density at radius 2 is 1.85 bits per heavy atom. The van der Waals surface area contributed by atoms with Gasteiger partial charge in [0, 0.05) is 17.0 Å². The number of H-pyrrole nitrogens is 1. The number of nitroso groups, excluding NO2 is 1. The van der Waals surface area contributed by atoms with E-state index in [0.29, 0.717) is 16.4 Å². The number of nitro groups is 1. The molecule has 0 bridgehead atoms. The molecule has 0 atom stereocenters. The second-order valence-electron chi connectivity index (χ2n) is 4.20. The summed E-state index contributed by atoms with van der Waals surface area (Å²) < 4.78 is 0. The molecule has 20 heavy (non-hydrogen) atoms. The van der Waals surface area contributed by atoms with Crippen molar-refractivity contribution in [3.05, 3.63) is 61.6 Å². The third-order valence-electron chi connectivity index (χ3n) is 3.11. The summed E-state index contributed by atoms with van der Waals surface area (Å²) >= 11 is 0. The summed E-state index contributed by atoms with van der Waals surface area (Å²) in [6.45, 7) is 0. The molecule has 0 aliphatic heterocycles. The largest absolute Gasteiger partial charge is 0.354 e. The molecule has 7 heteroatoms. The fourth-order valence-corrected chi connectivity index (χ4v) is 2.22. The zero-order chi connectivity index (χ0) is 14.3. The molecule has 3 rings (SSSR count). The Morgan fingerprint density at radius 3 is 2.55 bits per heavy atom. The number of hydrogen-bond donors (Lipinski definition) is 1. The summed E-state index contributed by atoms with van der Waals surface area (Å²) in [5.74, 6) is 0. The normalized spacial score (nSPS) is 10.8.